The van der Waals surface area contributed by atoms with E-state index in [-0.39, 0.29) is 5.91 Å². The highest BCUT2D eigenvalue weighted by atomic mass is 79.9. The molecule has 0 fully saturated rings. The number of amides is 1. The van der Waals surface area contributed by atoms with Crippen molar-refractivity contribution < 1.29 is 4.79 Å². The van der Waals surface area contributed by atoms with Crippen LogP contribution in [0.2, 0.25) is 5.02 Å². The molecule has 0 aliphatic carbocycles. The third-order valence-corrected chi connectivity index (χ3v) is 6.32. The summed E-state index contributed by atoms with van der Waals surface area (Å²) in [6.45, 7) is 1.45. The number of nitrogens with zero attached hydrogens (tertiary/aromatic N) is 3. The van der Waals surface area contributed by atoms with E-state index in [9.17, 15) is 4.79 Å². The number of thiazole rings is 1. The summed E-state index contributed by atoms with van der Waals surface area (Å²) in [5.74, 6) is -0.141. The van der Waals surface area contributed by atoms with Gasteiger partial charge >= 0.3 is 0 Å². The zero-order valence-corrected chi connectivity index (χ0v) is 19.6. The van der Waals surface area contributed by atoms with E-state index in [2.05, 4.69) is 41.7 Å². The van der Waals surface area contributed by atoms with Gasteiger partial charge in [0.15, 0.2) is 5.13 Å². The first-order valence-corrected chi connectivity index (χ1v) is 11.1. The third kappa shape index (κ3) is 5.09. The van der Waals surface area contributed by atoms with Crippen molar-refractivity contribution in [1.29, 1.82) is 0 Å². The van der Waals surface area contributed by atoms with Crippen molar-refractivity contribution in [2.75, 3.05) is 32.1 Å². The van der Waals surface area contributed by atoms with Crippen LogP contribution in [-0.2, 0) is 0 Å². The Kier molecular flexibility index (Phi) is 6.92. The van der Waals surface area contributed by atoms with Crippen molar-refractivity contribution in [2.45, 2.75) is 6.42 Å². The smallest absolute Gasteiger partial charge is 0.261 e. The molecule has 0 aliphatic heterocycles. The number of benzene rings is 2. The Morgan fingerprint density at radius 2 is 1.81 bits per heavy atom. The molecule has 8 heteroatoms. The zero-order chi connectivity index (χ0) is 19.6. The highest BCUT2D eigenvalue weighted by Crippen LogP contribution is 2.33. The lowest BCUT2D eigenvalue weighted by molar-refractivity contribution is 0.0986. The minimum atomic E-state index is -0.141. The van der Waals surface area contributed by atoms with E-state index >= 15 is 0 Å². The van der Waals surface area contributed by atoms with Crippen LogP contribution in [0.15, 0.2) is 45.3 Å². The lowest BCUT2D eigenvalue weighted by Crippen LogP contribution is -2.33. The molecule has 4 nitrogen and oxygen atoms in total. The minimum absolute atomic E-state index is 0.141. The van der Waals surface area contributed by atoms with Gasteiger partial charge in [-0.1, -0.05) is 54.8 Å². The summed E-state index contributed by atoms with van der Waals surface area (Å²) >= 11 is 14.7. The number of hydrogen-bond donors (Lipinski definition) is 0. The van der Waals surface area contributed by atoms with Crippen LogP contribution >= 0.6 is 54.8 Å². The minimum Gasteiger partial charge on any atom is -0.309 e. The Labute approximate surface area is 184 Å². The van der Waals surface area contributed by atoms with Gasteiger partial charge in [-0.05, 0) is 63.5 Å². The molecule has 0 unspecified atom stereocenters. The lowest BCUT2D eigenvalue weighted by atomic mass is 10.2. The van der Waals surface area contributed by atoms with Crippen molar-refractivity contribution >= 4 is 76.1 Å². The summed E-state index contributed by atoms with van der Waals surface area (Å²) in [7, 11) is 4.04. The van der Waals surface area contributed by atoms with Gasteiger partial charge in [0.2, 0.25) is 0 Å². The van der Waals surface area contributed by atoms with Crippen LogP contribution in [0.1, 0.15) is 16.8 Å². The summed E-state index contributed by atoms with van der Waals surface area (Å²) < 4.78 is 2.84. The van der Waals surface area contributed by atoms with Crippen molar-refractivity contribution in [3.63, 3.8) is 0 Å². The van der Waals surface area contributed by atoms with Gasteiger partial charge in [0.05, 0.1) is 20.8 Å². The summed E-state index contributed by atoms with van der Waals surface area (Å²) in [5, 5.41) is 1.12. The fraction of sp³-hybridized carbons (Fsp3) is 0.263. The van der Waals surface area contributed by atoms with Gasteiger partial charge in [0.1, 0.15) is 0 Å². The Bertz CT molecular complexity index is 977. The van der Waals surface area contributed by atoms with Crippen molar-refractivity contribution in [2.24, 2.45) is 0 Å². The van der Waals surface area contributed by atoms with Gasteiger partial charge in [-0.3, -0.25) is 9.69 Å². The van der Waals surface area contributed by atoms with Crippen LogP contribution in [0.5, 0.6) is 0 Å². The SMILES string of the molecule is CN(C)CCCN(C(=O)c1cc(Br)ccc1Cl)c1nc2ccc(Br)cc2s1. The van der Waals surface area contributed by atoms with Crippen molar-refractivity contribution in [1.82, 2.24) is 9.88 Å². The molecule has 0 atom stereocenters. The maximum absolute atomic E-state index is 13.3. The molecule has 0 saturated carbocycles. The van der Waals surface area contributed by atoms with E-state index in [1.807, 2.05) is 38.4 Å². The van der Waals surface area contributed by atoms with Crippen LogP contribution in [0.3, 0.4) is 0 Å². The van der Waals surface area contributed by atoms with Crippen LogP contribution < -0.4 is 4.90 Å². The number of aromatic nitrogens is 1. The molecule has 0 aliphatic rings. The van der Waals surface area contributed by atoms with Gasteiger partial charge in [-0.25, -0.2) is 4.98 Å². The Balaban J connectivity index is 1.98. The molecule has 27 heavy (non-hydrogen) atoms. The second kappa shape index (κ2) is 9.01. The van der Waals surface area contributed by atoms with Gasteiger partial charge in [-0.2, -0.15) is 0 Å². The molecule has 142 valence electrons. The number of carbonyl (C=O) groups is 1. The van der Waals surface area contributed by atoms with E-state index in [1.54, 1.807) is 17.0 Å². The third-order valence-electron chi connectivity index (χ3n) is 3.96. The summed E-state index contributed by atoms with van der Waals surface area (Å²) in [4.78, 5) is 21.8. The average molecular weight is 532 g/mol. The molecule has 0 radical (unpaired) electrons. The second-order valence-corrected chi connectivity index (χ2v) is 9.59. The van der Waals surface area contributed by atoms with Crippen molar-refractivity contribution in [3.8, 4) is 0 Å². The molecule has 1 amide bonds. The normalized spacial score (nSPS) is 11.3. The fourth-order valence-corrected chi connectivity index (χ4v) is 4.74. The predicted octanol–water partition coefficient (Wildman–Crippen LogP) is 6.07. The van der Waals surface area contributed by atoms with E-state index in [0.29, 0.717) is 22.3 Å². The van der Waals surface area contributed by atoms with Crippen LogP contribution in [0, 0.1) is 0 Å². The fourth-order valence-electron chi connectivity index (χ4n) is 2.64. The molecule has 2 aromatic carbocycles. The van der Waals surface area contributed by atoms with Crippen molar-refractivity contribution in [3.05, 3.63) is 55.9 Å². The van der Waals surface area contributed by atoms with E-state index in [0.717, 1.165) is 32.1 Å². The number of carbonyl (C=O) groups excluding carboxylic acids is 1. The molecule has 1 aromatic heterocycles. The first kappa shape index (κ1) is 20.7. The highest BCUT2D eigenvalue weighted by Gasteiger charge is 2.23. The number of anilines is 1. The summed E-state index contributed by atoms with van der Waals surface area (Å²) in [6, 6.07) is 11.2. The number of fused-ring (bicyclic) bond motifs is 1. The maximum atomic E-state index is 13.3. The van der Waals surface area contributed by atoms with Gasteiger partial charge in [-0.15, -0.1) is 0 Å². The largest absolute Gasteiger partial charge is 0.309 e. The molecule has 0 spiro atoms. The number of rotatable bonds is 6. The Hall–Kier alpha value is -0.990. The molecule has 0 N–H and O–H groups in total. The standard InChI is InChI=1S/C19H18Br2ClN3OS/c1-24(2)8-3-9-25(18(26)14-10-12(20)4-6-15(14)22)19-23-16-7-5-13(21)11-17(16)27-19/h4-7,10-11H,3,8-9H2,1-2H3. The molecule has 3 rings (SSSR count). The molecule has 1 heterocycles. The quantitative estimate of drug-likeness (QED) is 0.387. The molecule has 0 bridgehead atoms. The Morgan fingerprint density at radius 3 is 2.56 bits per heavy atom. The highest BCUT2D eigenvalue weighted by molar-refractivity contribution is 9.10. The molecular weight excluding hydrogens is 514 g/mol. The van der Waals surface area contributed by atoms with Crippen LogP contribution in [-0.4, -0.2) is 43.0 Å². The van der Waals surface area contributed by atoms with E-state index < -0.39 is 0 Å². The average Bonchev–Trinajstić information content (AvgIpc) is 3.02. The first-order chi connectivity index (χ1) is 12.8. The molecule has 3 aromatic rings. The maximum Gasteiger partial charge on any atom is 0.261 e. The van der Waals surface area contributed by atoms with E-state index in [1.165, 1.54) is 11.3 Å². The number of hydrogen-bond acceptors (Lipinski definition) is 4. The molecule has 0 saturated heterocycles. The monoisotopic (exact) mass is 529 g/mol. The predicted molar refractivity (Wildman–Crippen MR) is 121 cm³/mol. The van der Waals surface area contributed by atoms with Gasteiger partial charge in [0, 0.05) is 15.5 Å². The van der Waals surface area contributed by atoms with E-state index in [4.69, 9.17) is 11.6 Å². The topological polar surface area (TPSA) is 36.4 Å². The zero-order valence-electron chi connectivity index (χ0n) is 14.9. The van der Waals surface area contributed by atoms with Gasteiger partial charge < -0.3 is 4.90 Å². The Morgan fingerprint density at radius 1 is 1.11 bits per heavy atom. The summed E-state index contributed by atoms with van der Waals surface area (Å²) in [5.41, 5.74) is 1.35. The first-order valence-electron chi connectivity index (χ1n) is 8.33. The van der Waals surface area contributed by atoms with Crippen LogP contribution in [0.25, 0.3) is 10.2 Å². The second-order valence-electron chi connectivity index (χ2n) is 6.35. The lowest BCUT2D eigenvalue weighted by Gasteiger charge is -2.21. The van der Waals surface area contributed by atoms with Crippen LogP contribution in [0.4, 0.5) is 5.13 Å². The summed E-state index contributed by atoms with van der Waals surface area (Å²) in [6.07, 6.45) is 0.837. The number of halogens is 3. The van der Waals surface area contributed by atoms with Gasteiger partial charge in [0.25, 0.3) is 5.91 Å². The molecular formula is C19H18Br2ClN3OS.